The summed E-state index contributed by atoms with van der Waals surface area (Å²) in [6.45, 7) is 0. The molecule has 2 aliphatic rings. The summed E-state index contributed by atoms with van der Waals surface area (Å²) in [6.07, 6.45) is 10.00. The molecule has 2 N–H and O–H groups in total. The van der Waals surface area contributed by atoms with Crippen LogP contribution in [0.5, 0.6) is 0 Å². The van der Waals surface area contributed by atoms with Gasteiger partial charge in [-0.15, -0.1) is 0 Å². The van der Waals surface area contributed by atoms with E-state index < -0.39 is 16.0 Å². The molecule has 5 nitrogen and oxygen atoms in total. The predicted molar refractivity (Wildman–Crippen MR) is 109 cm³/mol. The van der Waals surface area contributed by atoms with Crippen LogP contribution in [0.1, 0.15) is 44.9 Å². The molecule has 7 heteroatoms. The van der Waals surface area contributed by atoms with E-state index in [1.807, 2.05) is 12.1 Å². The van der Waals surface area contributed by atoms with Crippen molar-refractivity contribution in [3.63, 3.8) is 0 Å². The van der Waals surface area contributed by atoms with Crippen LogP contribution in [0.15, 0.2) is 47.4 Å². The van der Waals surface area contributed by atoms with Crippen molar-refractivity contribution in [1.82, 2.24) is 4.72 Å². The van der Waals surface area contributed by atoms with Gasteiger partial charge in [-0.25, -0.2) is 13.1 Å². The van der Waals surface area contributed by atoms with Gasteiger partial charge in [-0.3, -0.25) is 4.79 Å². The van der Waals surface area contributed by atoms with Crippen molar-refractivity contribution < 1.29 is 18.3 Å². The molecule has 0 aliphatic heterocycles. The maximum absolute atomic E-state index is 12.7. The molecule has 0 unspecified atom stereocenters. The number of carboxylic acids is 1. The average Bonchev–Trinajstić information content (AvgIpc) is 3.20. The third kappa shape index (κ3) is 6.04. The van der Waals surface area contributed by atoms with E-state index in [4.69, 9.17) is 5.11 Å². The molecule has 0 amide bonds. The number of hydrogen-bond acceptors (Lipinski definition) is 3. The standard InChI is InChI=1S/C20H27NO4S.Ca.2H/c22-19(23)11-7-2-1-6-10-18-15-12-13-16(14-15)20(18)21-26(24,25)17-8-4-3-5-9-17;;;/h1,3-6,8-9,15-16,18,20-21H,2,7,10-14H2,(H,22,23);;;/t15-,16+,18+,20+;;;/m1.../s1. The van der Waals surface area contributed by atoms with Crippen molar-refractivity contribution in [1.29, 1.82) is 0 Å². The predicted octanol–water partition coefficient (Wildman–Crippen LogP) is 2.66. The summed E-state index contributed by atoms with van der Waals surface area (Å²) in [5.41, 5.74) is 0. The average molecular weight is 420 g/mol. The van der Waals surface area contributed by atoms with Gasteiger partial charge < -0.3 is 5.11 Å². The first-order valence-electron chi connectivity index (χ1n) is 9.41. The van der Waals surface area contributed by atoms with Crippen LogP contribution in [-0.4, -0.2) is 63.3 Å². The molecular formula is C20H29CaNO4S. The van der Waals surface area contributed by atoms with Gasteiger partial charge in [0.25, 0.3) is 0 Å². The van der Waals surface area contributed by atoms with Gasteiger partial charge in [0.15, 0.2) is 0 Å². The Morgan fingerprint density at radius 1 is 1.15 bits per heavy atom. The fourth-order valence-electron chi connectivity index (χ4n) is 4.52. The third-order valence-corrected chi connectivity index (χ3v) is 7.24. The maximum atomic E-state index is 12.7. The van der Waals surface area contributed by atoms with Crippen molar-refractivity contribution in [3.8, 4) is 0 Å². The van der Waals surface area contributed by atoms with Crippen LogP contribution in [0.4, 0.5) is 0 Å². The number of hydrogen-bond donors (Lipinski definition) is 2. The van der Waals surface area contributed by atoms with Gasteiger partial charge in [0.05, 0.1) is 4.90 Å². The number of aliphatic carboxylic acids is 1. The Kier molecular flexibility index (Phi) is 8.81. The zero-order valence-corrected chi connectivity index (χ0v) is 15.7. The topological polar surface area (TPSA) is 83.5 Å². The summed E-state index contributed by atoms with van der Waals surface area (Å²) in [4.78, 5) is 10.9. The number of carbonyl (C=O) groups is 1. The van der Waals surface area contributed by atoms with E-state index in [1.54, 1.807) is 24.3 Å². The molecule has 1 aromatic carbocycles. The molecule has 2 saturated carbocycles. The SMILES string of the molecule is O=C(O)CCCC=CC[C@H]1[C@@H]2CC[C@@H](C2)[C@@H]1NS(=O)(=O)c1ccccc1.[CaH2]. The molecule has 1 aromatic rings. The van der Waals surface area contributed by atoms with Gasteiger partial charge in [0.2, 0.25) is 10.0 Å². The van der Waals surface area contributed by atoms with Crippen LogP contribution in [0.25, 0.3) is 0 Å². The van der Waals surface area contributed by atoms with Gasteiger partial charge in [-0.05, 0) is 68.4 Å². The van der Waals surface area contributed by atoms with E-state index in [0.29, 0.717) is 29.1 Å². The van der Waals surface area contributed by atoms with Gasteiger partial charge in [-0.1, -0.05) is 30.4 Å². The Labute approximate surface area is 191 Å². The number of sulfonamides is 1. The summed E-state index contributed by atoms with van der Waals surface area (Å²) in [6, 6.07) is 8.57. The van der Waals surface area contributed by atoms with Crippen LogP contribution < -0.4 is 4.72 Å². The zero-order chi connectivity index (χ0) is 18.6. The normalized spacial score (nSPS) is 27.0. The molecule has 2 fully saturated rings. The molecular weight excluding hydrogens is 390 g/mol. The second kappa shape index (κ2) is 10.4. The van der Waals surface area contributed by atoms with E-state index in [2.05, 4.69) is 10.8 Å². The second-order valence-corrected chi connectivity index (χ2v) is 9.16. The number of rotatable bonds is 9. The Bertz CT molecular complexity index is 751. The Balaban J connectivity index is 0.00000261. The number of carboxylic acid groups (broad SMARTS) is 1. The summed E-state index contributed by atoms with van der Waals surface area (Å²) in [5, 5.41) is 8.66. The molecule has 0 aromatic heterocycles. The molecule has 0 saturated heterocycles. The van der Waals surface area contributed by atoms with Crippen LogP contribution in [0.3, 0.4) is 0 Å². The van der Waals surface area contributed by atoms with Gasteiger partial charge >= 0.3 is 43.7 Å². The van der Waals surface area contributed by atoms with Crippen molar-refractivity contribution in [2.45, 2.75) is 55.9 Å². The molecule has 2 bridgehead atoms. The third-order valence-electron chi connectivity index (χ3n) is 5.77. The number of nitrogens with one attached hydrogen (secondary N) is 1. The van der Waals surface area contributed by atoms with Crippen LogP contribution >= 0.6 is 0 Å². The molecule has 146 valence electrons. The molecule has 0 heterocycles. The molecule has 2 aliphatic carbocycles. The first-order chi connectivity index (χ1) is 12.5. The number of fused-ring (bicyclic) bond motifs is 2. The van der Waals surface area contributed by atoms with Crippen molar-refractivity contribution in [3.05, 3.63) is 42.5 Å². The molecule has 0 spiro atoms. The fraction of sp³-hybridized carbons (Fsp3) is 0.550. The van der Waals surface area contributed by atoms with Gasteiger partial charge in [0, 0.05) is 12.5 Å². The Morgan fingerprint density at radius 2 is 1.85 bits per heavy atom. The van der Waals surface area contributed by atoms with Crippen molar-refractivity contribution in [2.75, 3.05) is 0 Å². The van der Waals surface area contributed by atoms with E-state index in [1.165, 1.54) is 6.42 Å². The van der Waals surface area contributed by atoms with Crippen LogP contribution in [0, 0.1) is 17.8 Å². The Hall–Kier alpha value is -0.400. The second-order valence-electron chi connectivity index (χ2n) is 7.45. The van der Waals surface area contributed by atoms with Crippen LogP contribution in [0.2, 0.25) is 0 Å². The first kappa shape index (κ1) is 22.9. The van der Waals surface area contributed by atoms with E-state index in [0.717, 1.165) is 25.7 Å². The van der Waals surface area contributed by atoms with Crippen molar-refractivity contribution in [2.24, 2.45) is 17.8 Å². The van der Waals surface area contributed by atoms with Crippen LogP contribution in [-0.2, 0) is 14.8 Å². The van der Waals surface area contributed by atoms with E-state index >= 15 is 0 Å². The minimum absolute atomic E-state index is 0. The minimum atomic E-state index is -3.49. The Morgan fingerprint density at radius 3 is 2.56 bits per heavy atom. The molecule has 27 heavy (non-hydrogen) atoms. The fourth-order valence-corrected chi connectivity index (χ4v) is 5.90. The van der Waals surface area contributed by atoms with Crippen molar-refractivity contribution >= 4 is 53.7 Å². The van der Waals surface area contributed by atoms with E-state index in [9.17, 15) is 13.2 Å². The monoisotopic (exact) mass is 419 g/mol. The molecule has 3 rings (SSSR count). The summed E-state index contributed by atoms with van der Waals surface area (Å²) < 4.78 is 28.4. The summed E-state index contributed by atoms with van der Waals surface area (Å²) >= 11 is 0. The number of unbranched alkanes of at least 4 members (excludes halogenated alkanes) is 1. The number of benzene rings is 1. The van der Waals surface area contributed by atoms with Gasteiger partial charge in [-0.2, -0.15) is 0 Å². The molecule has 4 atom stereocenters. The number of allylic oxidation sites excluding steroid dienone is 2. The van der Waals surface area contributed by atoms with Gasteiger partial charge in [0.1, 0.15) is 0 Å². The summed E-state index contributed by atoms with van der Waals surface area (Å²) in [5.74, 6) is 0.598. The molecule has 0 radical (unpaired) electrons. The summed E-state index contributed by atoms with van der Waals surface area (Å²) in [7, 11) is -3.49. The zero-order valence-electron chi connectivity index (χ0n) is 14.9. The first-order valence-corrected chi connectivity index (χ1v) is 10.9. The van der Waals surface area contributed by atoms with E-state index in [-0.39, 0.29) is 50.2 Å². The quantitative estimate of drug-likeness (QED) is 0.366.